The van der Waals surface area contributed by atoms with Crippen LogP contribution in [0.3, 0.4) is 0 Å². The number of fused-ring (bicyclic) bond motifs is 2. The summed E-state index contributed by atoms with van der Waals surface area (Å²) in [6, 6.07) is 3.50. The third-order valence-corrected chi connectivity index (χ3v) is 6.57. The van der Waals surface area contributed by atoms with Crippen molar-refractivity contribution in [1.29, 1.82) is 0 Å². The van der Waals surface area contributed by atoms with Crippen molar-refractivity contribution in [3.8, 4) is 0 Å². The van der Waals surface area contributed by atoms with Crippen molar-refractivity contribution in [1.82, 2.24) is 19.2 Å². The molecule has 2 heterocycles. The van der Waals surface area contributed by atoms with Crippen LogP contribution in [0.15, 0.2) is 18.3 Å². The van der Waals surface area contributed by atoms with Crippen molar-refractivity contribution in [2.75, 3.05) is 20.1 Å². The molecule has 0 radical (unpaired) electrons. The fourth-order valence-corrected chi connectivity index (χ4v) is 4.83. The normalized spacial score (nSPS) is 31.6. The number of hydrogen-bond acceptors (Lipinski definition) is 4. The first-order valence-electron chi connectivity index (χ1n) is 6.92. The summed E-state index contributed by atoms with van der Waals surface area (Å²) in [5, 5.41) is 19.2. The van der Waals surface area contributed by atoms with Gasteiger partial charge in [0.1, 0.15) is 0 Å². The van der Waals surface area contributed by atoms with Gasteiger partial charge in [-0.3, -0.25) is 5.10 Å². The molecule has 2 fully saturated rings. The Morgan fingerprint density at radius 2 is 2.14 bits per heavy atom. The molecule has 1 unspecified atom stereocenters. The van der Waals surface area contributed by atoms with Crippen LogP contribution in [0, 0.1) is 11.8 Å². The first-order chi connectivity index (χ1) is 10.4. The molecule has 0 spiro atoms. The maximum atomic E-state index is 11.8. The summed E-state index contributed by atoms with van der Waals surface area (Å²) < 4.78 is 27.4. The van der Waals surface area contributed by atoms with E-state index in [-0.39, 0.29) is 11.8 Å². The SMILES string of the molecule is CNS(=O)(=O)N1C[C@@H]2[C@H](C1)C2(O)c1cc(Cl)cc2[nH]ncc12. The number of nitrogens with zero attached hydrogens (tertiary/aromatic N) is 2. The van der Waals surface area contributed by atoms with Gasteiger partial charge in [0.25, 0.3) is 10.2 Å². The average Bonchev–Trinajstić information content (AvgIpc) is 2.94. The van der Waals surface area contributed by atoms with Gasteiger partial charge in [0.2, 0.25) is 0 Å². The van der Waals surface area contributed by atoms with Crippen LogP contribution in [0.5, 0.6) is 0 Å². The van der Waals surface area contributed by atoms with E-state index in [0.29, 0.717) is 18.1 Å². The number of piperidine rings is 1. The predicted octanol–water partition coefficient (Wildman–Crippen LogP) is 0.430. The third kappa shape index (κ3) is 1.79. The molecular weight excluding hydrogens is 328 g/mol. The molecule has 118 valence electrons. The second-order valence-electron chi connectivity index (χ2n) is 5.85. The standard InChI is InChI=1S/C13H15ClN4O3S/c1-15-22(20,21)18-5-10-11(6-18)13(10,19)9-2-7(14)3-12-8(9)4-16-17-12/h2-4,10-11,15,19H,5-6H2,1H3,(H,16,17)/t10-,11+,13?. The molecule has 22 heavy (non-hydrogen) atoms. The van der Waals surface area contributed by atoms with Gasteiger partial charge in [-0.05, 0) is 17.7 Å². The highest BCUT2D eigenvalue weighted by Crippen LogP contribution is 2.63. The zero-order chi connectivity index (χ0) is 15.7. The summed E-state index contributed by atoms with van der Waals surface area (Å²) in [5.74, 6) is -0.237. The van der Waals surface area contributed by atoms with Crippen LogP contribution < -0.4 is 4.72 Å². The van der Waals surface area contributed by atoms with Crippen LogP contribution in [0.2, 0.25) is 5.02 Å². The van der Waals surface area contributed by atoms with Crippen molar-refractivity contribution in [2.45, 2.75) is 5.60 Å². The number of aromatic nitrogens is 2. The first-order valence-corrected chi connectivity index (χ1v) is 8.74. The van der Waals surface area contributed by atoms with Gasteiger partial charge in [-0.25, -0.2) is 4.72 Å². The van der Waals surface area contributed by atoms with Crippen molar-refractivity contribution >= 4 is 32.7 Å². The zero-order valence-corrected chi connectivity index (χ0v) is 13.3. The Hall–Kier alpha value is -1.19. The lowest BCUT2D eigenvalue weighted by Gasteiger charge is -2.23. The van der Waals surface area contributed by atoms with Crippen LogP contribution >= 0.6 is 11.6 Å². The van der Waals surface area contributed by atoms with Crippen molar-refractivity contribution in [3.63, 3.8) is 0 Å². The zero-order valence-electron chi connectivity index (χ0n) is 11.7. The Morgan fingerprint density at radius 3 is 2.77 bits per heavy atom. The number of halogens is 1. The smallest absolute Gasteiger partial charge is 0.279 e. The molecule has 1 saturated heterocycles. The molecule has 3 N–H and O–H groups in total. The maximum absolute atomic E-state index is 11.8. The molecule has 2 aromatic rings. The summed E-state index contributed by atoms with van der Waals surface area (Å²) in [4.78, 5) is 0. The van der Waals surface area contributed by atoms with E-state index in [4.69, 9.17) is 11.6 Å². The molecule has 1 saturated carbocycles. The molecular formula is C13H15ClN4O3S. The molecule has 0 bridgehead atoms. The van der Waals surface area contributed by atoms with Gasteiger partial charge in [0.15, 0.2) is 0 Å². The fraction of sp³-hybridized carbons (Fsp3) is 0.462. The Balaban J connectivity index is 1.70. The summed E-state index contributed by atoms with van der Waals surface area (Å²) in [6.45, 7) is 0.604. The van der Waals surface area contributed by atoms with Crippen LogP contribution in [0.4, 0.5) is 0 Å². The Labute approximate surface area is 132 Å². The number of aromatic amines is 1. The summed E-state index contributed by atoms with van der Waals surface area (Å²) in [5.41, 5.74) is 0.452. The quantitative estimate of drug-likeness (QED) is 0.753. The topological polar surface area (TPSA) is 98.3 Å². The second kappa shape index (κ2) is 4.42. The number of rotatable bonds is 3. The molecule has 7 nitrogen and oxygen atoms in total. The van der Waals surface area contributed by atoms with Crippen LogP contribution in [0.1, 0.15) is 5.56 Å². The molecule has 1 aromatic heterocycles. The van der Waals surface area contributed by atoms with E-state index >= 15 is 0 Å². The lowest BCUT2D eigenvalue weighted by atomic mass is 9.99. The average molecular weight is 343 g/mol. The van der Waals surface area contributed by atoms with Crippen LogP contribution in [-0.4, -0.2) is 48.2 Å². The largest absolute Gasteiger partial charge is 0.384 e. The highest BCUT2D eigenvalue weighted by atomic mass is 35.5. The van der Waals surface area contributed by atoms with Crippen molar-refractivity contribution < 1.29 is 13.5 Å². The summed E-state index contributed by atoms with van der Waals surface area (Å²) >= 11 is 6.12. The molecule has 9 heteroatoms. The minimum atomic E-state index is -3.44. The molecule has 4 rings (SSSR count). The highest BCUT2D eigenvalue weighted by Gasteiger charge is 2.70. The van der Waals surface area contributed by atoms with Crippen molar-refractivity contribution in [3.05, 3.63) is 28.9 Å². The minimum Gasteiger partial charge on any atom is -0.384 e. The number of nitrogens with one attached hydrogen (secondary N) is 2. The molecule has 0 amide bonds. The van der Waals surface area contributed by atoms with E-state index in [1.807, 2.05) is 0 Å². The number of aliphatic hydroxyl groups is 1. The lowest BCUT2D eigenvalue weighted by Crippen LogP contribution is -2.41. The van der Waals surface area contributed by atoms with E-state index in [1.165, 1.54) is 11.4 Å². The number of hydrogen-bond donors (Lipinski definition) is 3. The van der Waals surface area contributed by atoms with E-state index in [1.54, 1.807) is 18.3 Å². The van der Waals surface area contributed by atoms with Gasteiger partial charge < -0.3 is 5.11 Å². The van der Waals surface area contributed by atoms with E-state index in [0.717, 1.165) is 16.5 Å². The first kappa shape index (κ1) is 14.4. The number of H-pyrrole nitrogens is 1. The molecule has 1 aromatic carbocycles. The van der Waals surface area contributed by atoms with Crippen LogP contribution in [-0.2, 0) is 15.8 Å². The predicted molar refractivity (Wildman–Crippen MR) is 81.5 cm³/mol. The van der Waals surface area contributed by atoms with Gasteiger partial charge >= 0.3 is 0 Å². The van der Waals surface area contributed by atoms with Crippen LogP contribution in [0.25, 0.3) is 10.9 Å². The lowest BCUT2D eigenvalue weighted by molar-refractivity contribution is 0.0990. The maximum Gasteiger partial charge on any atom is 0.279 e. The Morgan fingerprint density at radius 1 is 1.45 bits per heavy atom. The van der Waals surface area contributed by atoms with E-state index in [9.17, 15) is 13.5 Å². The molecule has 2 aliphatic rings. The fourth-order valence-electron chi connectivity index (χ4n) is 3.64. The highest BCUT2D eigenvalue weighted by molar-refractivity contribution is 7.87. The Kier molecular flexibility index (Phi) is 2.90. The third-order valence-electron chi connectivity index (χ3n) is 4.86. The van der Waals surface area contributed by atoms with Gasteiger partial charge in [0.05, 0.1) is 17.3 Å². The van der Waals surface area contributed by atoms with Gasteiger partial charge in [-0.2, -0.15) is 17.8 Å². The van der Waals surface area contributed by atoms with E-state index < -0.39 is 15.8 Å². The monoisotopic (exact) mass is 342 g/mol. The van der Waals surface area contributed by atoms with Gasteiger partial charge in [-0.1, -0.05) is 11.6 Å². The van der Waals surface area contributed by atoms with E-state index in [2.05, 4.69) is 14.9 Å². The molecule has 3 atom stereocenters. The number of benzene rings is 1. The van der Waals surface area contributed by atoms with Gasteiger partial charge in [-0.15, -0.1) is 0 Å². The summed E-state index contributed by atoms with van der Waals surface area (Å²) in [6.07, 6.45) is 1.66. The molecule has 1 aliphatic carbocycles. The minimum absolute atomic E-state index is 0.118. The Bertz CT molecular complexity index is 853. The molecule has 1 aliphatic heterocycles. The van der Waals surface area contributed by atoms with Gasteiger partial charge in [0, 0.05) is 42.4 Å². The van der Waals surface area contributed by atoms with Crippen molar-refractivity contribution in [2.24, 2.45) is 11.8 Å². The second-order valence-corrected chi connectivity index (χ2v) is 8.16. The summed E-state index contributed by atoms with van der Waals surface area (Å²) in [7, 11) is -2.06.